The van der Waals surface area contributed by atoms with Crippen LogP contribution in [0.4, 0.5) is 4.39 Å². The fraction of sp³-hybridized carbons (Fsp3) is 0.105. The maximum absolute atomic E-state index is 13.4. The van der Waals surface area contributed by atoms with Gasteiger partial charge in [0.05, 0.1) is 0 Å². The summed E-state index contributed by atoms with van der Waals surface area (Å²) in [6.07, 6.45) is 9.28. The van der Waals surface area contributed by atoms with E-state index >= 15 is 0 Å². The van der Waals surface area contributed by atoms with Gasteiger partial charge in [0.1, 0.15) is 18.2 Å². The predicted octanol–water partition coefficient (Wildman–Crippen LogP) is 4.96. The molecule has 1 aliphatic carbocycles. The van der Waals surface area contributed by atoms with Crippen LogP contribution in [-0.2, 0) is 0 Å². The quantitative estimate of drug-likeness (QED) is 0.768. The lowest BCUT2D eigenvalue weighted by Gasteiger charge is -2.13. The zero-order valence-electron chi connectivity index (χ0n) is 11.6. The Bertz CT molecular complexity index is 685. The van der Waals surface area contributed by atoms with Crippen LogP contribution in [0.15, 0.2) is 72.3 Å². The molecule has 105 valence electrons. The molecule has 0 fully saturated rings. The highest BCUT2D eigenvalue weighted by molar-refractivity contribution is 5.70. The van der Waals surface area contributed by atoms with Crippen LogP contribution in [0.25, 0.3) is 11.1 Å². The molecule has 0 unspecified atom stereocenters. The number of ether oxygens (including phenoxy) is 1. The molecule has 0 saturated heterocycles. The van der Waals surface area contributed by atoms with E-state index in [1.165, 1.54) is 12.1 Å². The van der Waals surface area contributed by atoms with Gasteiger partial charge >= 0.3 is 0 Å². The number of rotatable bonds is 4. The standard InChI is InChI=1S/C19H16FO/c20-17-10-6-9-16(13-17)18-11-4-5-12-19(18)21-14-15-7-2-1-3-8-15/h1-2,4-13H,3,14H2. The molecular weight excluding hydrogens is 263 g/mol. The Morgan fingerprint density at radius 2 is 1.95 bits per heavy atom. The third-order valence-corrected chi connectivity index (χ3v) is 3.38. The summed E-state index contributed by atoms with van der Waals surface area (Å²) < 4.78 is 19.3. The van der Waals surface area contributed by atoms with E-state index < -0.39 is 0 Å². The summed E-state index contributed by atoms with van der Waals surface area (Å²) in [5.41, 5.74) is 2.89. The molecule has 3 rings (SSSR count). The molecule has 1 aliphatic rings. The number of para-hydroxylation sites is 1. The predicted molar refractivity (Wildman–Crippen MR) is 83.5 cm³/mol. The first-order chi connectivity index (χ1) is 10.3. The first-order valence-corrected chi connectivity index (χ1v) is 6.99. The van der Waals surface area contributed by atoms with Crippen LogP contribution in [-0.4, -0.2) is 6.61 Å². The Labute approximate surface area is 124 Å². The third kappa shape index (κ3) is 3.40. The van der Waals surface area contributed by atoms with E-state index in [0.717, 1.165) is 28.9 Å². The van der Waals surface area contributed by atoms with Crippen molar-refractivity contribution in [2.45, 2.75) is 6.42 Å². The van der Waals surface area contributed by atoms with E-state index in [1.54, 1.807) is 6.07 Å². The van der Waals surface area contributed by atoms with E-state index in [1.807, 2.05) is 42.5 Å². The number of benzene rings is 2. The molecule has 0 saturated carbocycles. The van der Waals surface area contributed by atoms with Gasteiger partial charge in [-0.25, -0.2) is 4.39 Å². The maximum atomic E-state index is 13.4. The molecule has 2 aromatic carbocycles. The van der Waals surface area contributed by atoms with Crippen LogP contribution in [0.1, 0.15) is 6.42 Å². The largest absolute Gasteiger partial charge is 0.488 e. The Kier molecular flexibility index (Phi) is 4.15. The molecule has 2 aromatic rings. The number of hydrogen-bond acceptors (Lipinski definition) is 1. The Morgan fingerprint density at radius 3 is 2.76 bits per heavy atom. The lowest BCUT2D eigenvalue weighted by molar-refractivity contribution is 0.356. The second-order valence-electron chi connectivity index (χ2n) is 4.90. The van der Waals surface area contributed by atoms with Crippen molar-refractivity contribution >= 4 is 0 Å². The van der Waals surface area contributed by atoms with Crippen LogP contribution in [0.3, 0.4) is 0 Å². The van der Waals surface area contributed by atoms with Gasteiger partial charge in [0, 0.05) is 5.56 Å². The fourth-order valence-corrected chi connectivity index (χ4v) is 2.31. The summed E-state index contributed by atoms with van der Waals surface area (Å²) in [6, 6.07) is 14.3. The van der Waals surface area contributed by atoms with Crippen molar-refractivity contribution in [2.75, 3.05) is 6.61 Å². The molecule has 0 aromatic heterocycles. The van der Waals surface area contributed by atoms with Crippen LogP contribution in [0.5, 0.6) is 5.75 Å². The van der Waals surface area contributed by atoms with Gasteiger partial charge < -0.3 is 4.74 Å². The molecule has 0 aliphatic heterocycles. The van der Waals surface area contributed by atoms with E-state index in [2.05, 4.69) is 12.5 Å². The first kappa shape index (κ1) is 13.6. The summed E-state index contributed by atoms with van der Waals surface area (Å²) >= 11 is 0. The molecule has 1 radical (unpaired) electrons. The Morgan fingerprint density at radius 1 is 1.05 bits per heavy atom. The summed E-state index contributed by atoms with van der Waals surface area (Å²) in [6.45, 7) is 0.524. The number of hydrogen-bond donors (Lipinski definition) is 0. The highest BCUT2D eigenvalue weighted by atomic mass is 19.1. The molecule has 0 atom stereocenters. The summed E-state index contributed by atoms with van der Waals surface area (Å²) in [4.78, 5) is 0. The Hall–Kier alpha value is -2.35. The minimum atomic E-state index is -0.240. The number of halogens is 1. The lowest BCUT2D eigenvalue weighted by Crippen LogP contribution is -2.02. The minimum absolute atomic E-state index is 0.240. The van der Waals surface area contributed by atoms with Gasteiger partial charge in [0.2, 0.25) is 0 Å². The van der Waals surface area contributed by atoms with E-state index in [0.29, 0.717) is 6.61 Å². The smallest absolute Gasteiger partial charge is 0.127 e. The van der Waals surface area contributed by atoms with Crippen LogP contribution >= 0.6 is 0 Å². The van der Waals surface area contributed by atoms with Gasteiger partial charge in [0.25, 0.3) is 0 Å². The molecule has 0 N–H and O–H groups in total. The van der Waals surface area contributed by atoms with Crippen LogP contribution in [0.2, 0.25) is 0 Å². The SMILES string of the molecule is Fc1cccc(-c2ccccc2OCC2=CC[CH]C=C2)c1. The maximum Gasteiger partial charge on any atom is 0.127 e. The molecule has 2 heteroatoms. The van der Waals surface area contributed by atoms with Crippen molar-refractivity contribution in [2.24, 2.45) is 0 Å². The van der Waals surface area contributed by atoms with Gasteiger partial charge in [-0.1, -0.05) is 48.6 Å². The number of allylic oxidation sites excluding steroid dienone is 2. The average molecular weight is 279 g/mol. The zero-order valence-corrected chi connectivity index (χ0v) is 11.6. The topological polar surface area (TPSA) is 9.23 Å². The van der Waals surface area contributed by atoms with E-state index in [9.17, 15) is 4.39 Å². The molecule has 0 heterocycles. The van der Waals surface area contributed by atoms with Crippen LogP contribution < -0.4 is 4.74 Å². The molecule has 0 spiro atoms. The highest BCUT2D eigenvalue weighted by Crippen LogP contribution is 2.30. The van der Waals surface area contributed by atoms with Crippen molar-refractivity contribution in [3.05, 3.63) is 84.6 Å². The van der Waals surface area contributed by atoms with E-state index in [-0.39, 0.29) is 5.82 Å². The highest BCUT2D eigenvalue weighted by Gasteiger charge is 2.07. The van der Waals surface area contributed by atoms with Crippen LogP contribution in [0, 0.1) is 12.2 Å². The molecular formula is C19H16FO. The lowest BCUT2D eigenvalue weighted by atomic mass is 10.0. The van der Waals surface area contributed by atoms with Crippen molar-refractivity contribution in [1.82, 2.24) is 0 Å². The minimum Gasteiger partial charge on any atom is -0.488 e. The van der Waals surface area contributed by atoms with Gasteiger partial charge in [-0.2, -0.15) is 0 Å². The zero-order chi connectivity index (χ0) is 14.5. The molecule has 0 bridgehead atoms. The fourth-order valence-electron chi connectivity index (χ4n) is 2.31. The van der Waals surface area contributed by atoms with Gasteiger partial charge in [-0.3, -0.25) is 0 Å². The van der Waals surface area contributed by atoms with Gasteiger partial charge in [-0.05, 0) is 42.2 Å². The molecule has 1 nitrogen and oxygen atoms in total. The van der Waals surface area contributed by atoms with Gasteiger partial charge in [-0.15, -0.1) is 0 Å². The third-order valence-electron chi connectivity index (χ3n) is 3.38. The van der Waals surface area contributed by atoms with E-state index in [4.69, 9.17) is 4.74 Å². The normalized spacial score (nSPS) is 13.9. The summed E-state index contributed by atoms with van der Waals surface area (Å²) in [5.74, 6) is 0.530. The second-order valence-corrected chi connectivity index (χ2v) is 4.90. The van der Waals surface area contributed by atoms with Crippen molar-refractivity contribution in [1.29, 1.82) is 0 Å². The molecule has 21 heavy (non-hydrogen) atoms. The summed E-state index contributed by atoms with van der Waals surface area (Å²) in [5, 5.41) is 0. The second kappa shape index (κ2) is 6.40. The van der Waals surface area contributed by atoms with Crippen molar-refractivity contribution in [3.63, 3.8) is 0 Å². The Balaban J connectivity index is 1.82. The van der Waals surface area contributed by atoms with Crippen molar-refractivity contribution in [3.8, 4) is 16.9 Å². The summed E-state index contributed by atoms with van der Waals surface area (Å²) in [7, 11) is 0. The average Bonchev–Trinajstić information content (AvgIpc) is 2.54. The van der Waals surface area contributed by atoms with Gasteiger partial charge in [0.15, 0.2) is 0 Å². The first-order valence-electron chi connectivity index (χ1n) is 6.99. The monoisotopic (exact) mass is 279 g/mol. The molecule has 0 amide bonds. The van der Waals surface area contributed by atoms with Crippen molar-refractivity contribution < 1.29 is 9.13 Å².